The number of nitrogens with zero attached hydrogens (tertiary/aromatic N) is 2. The molecule has 1 heterocycles. The number of anilines is 2. The number of para-hydroxylation sites is 1. The molecule has 1 saturated carbocycles. The van der Waals surface area contributed by atoms with Crippen molar-refractivity contribution in [3.63, 3.8) is 0 Å². The van der Waals surface area contributed by atoms with Gasteiger partial charge in [0.05, 0.1) is 10.7 Å². The van der Waals surface area contributed by atoms with E-state index in [1.165, 1.54) is 23.9 Å². The van der Waals surface area contributed by atoms with Crippen molar-refractivity contribution in [1.29, 1.82) is 0 Å². The molecule has 9 nitrogen and oxygen atoms in total. The Bertz CT molecular complexity index is 1450. The largest absolute Gasteiger partial charge is 0.338 e. The maximum absolute atomic E-state index is 13.6. The van der Waals surface area contributed by atoms with E-state index in [-0.39, 0.29) is 34.5 Å². The molecule has 0 spiro atoms. The van der Waals surface area contributed by atoms with Gasteiger partial charge in [0.25, 0.3) is 11.6 Å². The minimum Gasteiger partial charge on any atom is -0.338 e. The van der Waals surface area contributed by atoms with Gasteiger partial charge in [0.1, 0.15) is 10.9 Å². The van der Waals surface area contributed by atoms with Crippen molar-refractivity contribution in [1.82, 2.24) is 5.32 Å². The summed E-state index contributed by atoms with van der Waals surface area (Å²) in [5.74, 6) is -0.474. The third kappa shape index (κ3) is 5.58. The Morgan fingerprint density at radius 3 is 2.42 bits per heavy atom. The summed E-state index contributed by atoms with van der Waals surface area (Å²) in [4.78, 5) is 52.3. The van der Waals surface area contributed by atoms with Crippen LogP contribution in [-0.2, 0) is 9.59 Å². The summed E-state index contributed by atoms with van der Waals surface area (Å²) in [6.45, 7) is 1.93. The predicted octanol–water partition coefficient (Wildman–Crippen LogP) is 5.75. The Labute approximate surface area is 236 Å². The zero-order valence-corrected chi connectivity index (χ0v) is 22.9. The number of benzene rings is 3. The zero-order valence-electron chi connectivity index (χ0n) is 22.1. The molecule has 0 radical (unpaired) electrons. The molecule has 206 valence electrons. The number of hydrogen-bond acceptors (Lipinski definition) is 6. The monoisotopic (exact) mass is 558 g/mol. The first-order valence-electron chi connectivity index (χ1n) is 13.3. The average Bonchev–Trinajstić information content (AvgIpc) is 3.36. The number of non-ortho nitro benzene ring substituents is 1. The van der Waals surface area contributed by atoms with Crippen LogP contribution >= 0.6 is 11.8 Å². The van der Waals surface area contributed by atoms with Crippen molar-refractivity contribution in [3.8, 4) is 0 Å². The number of hydrogen-bond donors (Lipinski definition) is 2. The molecule has 3 aromatic carbocycles. The van der Waals surface area contributed by atoms with Crippen LogP contribution in [0.25, 0.3) is 0 Å². The molecular formula is C30H30N4O5S. The SMILES string of the molecule is Cc1ccccc1NC(=O)C1(NC(=O)c2cccc(N3C(=O)CSC3c3ccc([N+](=O)[O-])cc3)c2)CCCCC1. The molecular weight excluding hydrogens is 528 g/mol. The summed E-state index contributed by atoms with van der Waals surface area (Å²) in [7, 11) is 0. The normalized spacial score (nSPS) is 18.3. The van der Waals surface area contributed by atoms with E-state index in [0.717, 1.165) is 36.1 Å². The van der Waals surface area contributed by atoms with Gasteiger partial charge in [-0.2, -0.15) is 0 Å². The van der Waals surface area contributed by atoms with Crippen LogP contribution in [0.1, 0.15) is 59.0 Å². The summed E-state index contributed by atoms with van der Waals surface area (Å²) < 4.78 is 0. The van der Waals surface area contributed by atoms with Crippen LogP contribution in [0.2, 0.25) is 0 Å². The minimum atomic E-state index is -1.03. The topological polar surface area (TPSA) is 122 Å². The molecule has 10 heteroatoms. The fourth-order valence-corrected chi connectivity index (χ4v) is 6.49. The quantitative estimate of drug-likeness (QED) is 0.281. The van der Waals surface area contributed by atoms with E-state index < -0.39 is 10.5 Å². The second kappa shape index (κ2) is 11.5. The molecule has 3 aromatic rings. The van der Waals surface area contributed by atoms with Gasteiger partial charge in [-0.3, -0.25) is 29.4 Å². The van der Waals surface area contributed by atoms with E-state index in [1.54, 1.807) is 41.3 Å². The van der Waals surface area contributed by atoms with E-state index >= 15 is 0 Å². The summed E-state index contributed by atoms with van der Waals surface area (Å²) in [6.07, 6.45) is 3.75. The van der Waals surface area contributed by atoms with Gasteiger partial charge in [-0.25, -0.2) is 0 Å². The van der Waals surface area contributed by atoms with E-state index in [2.05, 4.69) is 10.6 Å². The van der Waals surface area contributed by atoms with Gasteiger partial charge in [0.15, 0.2) is 0 Å². The van der Waals surface area contributed by atoms with Crippen LogP contribution in [0.3, 0.4) is 0 Å². The average molecular weight is 559 g/mol. The summed E-state index contributed by atoms with van der Waals surface area (Å²) >= 11 is 1.42. The molecule has 1 aliphatic heterocycles. The van der Waals surface area contributed by atoms with E-state index in [1.807, 2.05) is 31.2 Å². The lowest BCUT2D eigenvalue weighted by molar-refractivity contribution is -0.384. The van der Waals surface area contributed by atoms with Crippen molar-refractivity contribution in [2.24, 2.45) is 0 Å². The standard InChI is InChI=1S/C30H30N4O5S/c1-20-8-3-4-11-25(20)31-29(37)30(16-5-2-6-17-30)32-27(36)22-9-7-10-24(18-22)33-26(35)19-40-28(33)21-12-14-23(15-13-21)34(38)39/h3-4,7-15,18,28H,2,5-6,16-17,19H2,1H3,(H,31,37)(H,32,36). The number of nitrogens with one attached hydrogen (secondary N) is 2. The predicted molar refractivity (Wildman–Crippen MR) is 155 cm³/mol. The first-order valence-corrected chi connectivity index (χ1v) is 14.3. The van der Waals surface area contributed by atoms with E-state index in [9.17, 15) is 24.5 Å². The molecule has 1 atom stereocenters. The van der Waals surface area contributed by atoms with Crippen molar-refractivity contribution in [2.45, 2.75) is 49.9 Å². The van der Waals surface area contributed by atoms with Gasteiger partial charge in [-0.05, 0) is 67.3 Å². The molecule has 1 unspecified atom stereocenters. The molecule has 0 aromatic heterocycles. The molecule has 0 bridgehead atoms. The Kier molecular flexibility index (Phi) is 7.88. The highest BCUT2D eigenvalue weighted by Crippen LogP contribution is 2.42. The van der Waals surface area contributed by atoms with Crippen molar-refractivity contribution in [2.75, 3.05) is 16.0 Å². The molecule has 1 aliphatic carbocycles. The molecule has 5 rings (SSSR count). The molecule has 2 aliphatic rings. The molecule has 2 fully saturated rings. The third-order valence-corrected chi connectivity index (χ3v) is 8.74. The Morgan fingerprint density at radius 2 is 1.73 bits per heavy atom. The van der Waals surface area contributed by atoms with Gasteiger partial charge in [-0.15, -0.1) is 11.8 Å². The number of rotatable bonds is 7. The highest BCUT2D eigenvalue weighted by Gasteiger charge is 2.41. The molecule has 3 amide bonds. The fourth-order valence-electron chi connectivity index (χ4n) is 5.32. The van der Waals surface area contributed by atoms with Gasteiger partial charge in [0.2, 0.25) is 11.8 Å². The second-order valence-electron chi connectivity index (χ2n) is 10.2. The Balaban J connectivity index is 1.38. The summed E-state index contributed by atoms with van der Waals surface area (Å²) in [6, 6.07) is 20.5. The molecule has 1 saturated heterocycles. The molecule has 40 heavy (non-hydrogen) atoms. The lowest BCUT2D eigenvalue weighted by Gasteiger charge is -2.37. The van der Waals surface area contributed by atoms with Crippen LogP contribution in [0.4, 0.5) is 17.1 Å². The number of carbonyl (C=O) groups is 3. The molecule has 2 N–H and O–H groups in total. The number of carbonyl (C=O) groups excluding carboxylic acids is 3. The second-order valence-corrected chi connectivity index (χ2v) is 11.3. The van der Waals surface area contributed by atoms with E-state index in [4.69, 9.17) is 0 Å². The smallest absolute Gasteiger partial charge is 0.269 e. The highest BCUT2D eigenvalue weighted by atomic mass is 32.2. The lowest BCUT2D eigenvalue weighted by Crippen LogP contribution is -2.57. The van der Waals surface area contributed by atoms with Crippen LogP contribution < -0.4 is 15.5 Å². The maximum atomic E-state index is 13.6. The summed E-state index contributed by atoms with van der Waals surface area (Å²) in [5.41, 5.74) is 2.25. The highest BCUT2D eigenvalue weighted by molar-refractivity contribution is 8.00. The first kappa shape index (κ1) is 27.4. The maximum Gasteiger partial charge on any atom is 0.269 e. The van der Waals surface area contributed by atoms with Crippen LogP contribution in [0.15, 0.2) is 72.8 Å². The number of aryl methyl sites for hydroxylation is 1. The first-order chi connectivity index (χ1) is 19.3. The third-order valence-electron chi connectivity index (χ3n) is 7.53. The number of amides is 3. The van der Waals surface area contributed by atoms with Gasteiger partial charge in [0, 0.05) is 29.1 Å². The van der Waals surface area contributed by atoms with Gasteiger partial charge in [-0.1, -0.05) is 43.5 Å². The van der Waals surface area contributed by atoms with Crippen LogP contribution in [0, 0.1) is 17.0 Å². The summed E-state index contributed by atoms with van der Waals surface area (Å²) in [5, 5.41) is 16.8. The van der Waals surface area contributed by atoms with Crippen molar-refractivity contribution >= 4 is 46.5 Å². The van der Waals surface area contributed by atoms with E-state index in [0.29, 0.717) is 24.1 Å². The van der Waals surface area contributed by atoms with Gasteiger partial charge < -0.3 is 10.6 Å². The van der Waals surface area contributed by atoms with Crippen molar-refractivity contribution < 1.29 is 19.3 Å². The lowest BCUT2D eigenvalue weighted by atomic mass is 9.80. The number of thioether (sulfide) groups is 1. The van der Waals surface area contributed by atoms with Crippen molar-refractivity contribution in [3.05, 3.63) is 99.6 Å². The van der Waals surface area contributed by atoms with Gasteiger partial charge >= 0.3 is 0 Å². The number of nitro groups is 1. The zero-order chi connectivity index (χ0) is 28.3. The minimum absolute atomic E-state index is 0.0219. The Morgan fingerprint density at radius 1 is 1.00 bits per heavy atom. The van der Waals surface area contributed by atoms with Crippen LogP contribution in [-0.4, -0.2) is 33.9 Å². The van der Waals surface area contributed by atoms with Crippen LogP contribution in [0.5, 0.6) is 0 Å². The Hall–Kier alpha value is -4.18. The fraction of sp³-hybridized carbons (Fsp3) is 0.300. The number of nitro benzene ring substituents is 1.